The molecule has 0 saturated carbocycles. The third kappa shape index (κ3) is 6.10. The zero-order valence-electron chi connectivity index (χ0n) is 16.9. The molecule has 6 nitrogen and oxygen atoms in total. The highest BCUT2D eigenvalue weighted by atomic mass is 16.5. The first kappa shape index (κ1) is 20.9. The first-order valence-corrected chi connectivity index (χ1v) is 9.83. The Labute approximate surface area is 176 Å². The van der Waals surface area contributed by atoms with Crippen LogP contribution in [0, 0.1) is 0 Å². The summed E-state index contributed by atoms with van der Waals surface area (Å²) in [7, 11) is 0. The fraction of sp³-hybridized carbons (Fsp3) is 0.167. The number of anilines is 2. The molecule has 3 N–H and O–H groups in total. The molecule has 6 heteroatoms. The maximum absolute atomic E-state index is 12.4. The summed E-state index contributed by atoms with van der Waals surface area (Å²) in [6, 6.07) is 24.2. The van der Waals surface area contributed by atoms with Crippen LogP contribution >= 0.6 is 0 Å². The minimum atomic E-state index is -0.221. The molecule has 2 amide bonds. The number of para-hydroxylation sites is 2. The Morgan fingerprint density at radius 1 is 0.900 bits per heavy atom. The molecular formula is C24H25N3O3. The molecule has 0 bridgehead atoms. The number of benzene rings is 3. The second-order valence-electron chi connectivity index (χ2n) is 6.61. The molecule has 0 aliphatic rings. The van der Waals surface area contributed by atoms with E-state index in [0.29, 0.717) is 30.2 Å². The van der Waals surface area contributed by atoms with E-state index < -0.39 is 0 Å². The summed E-state index contributed by atoms with van der Waals surface area (Å²) in [5.74, 6) is 0.282. The van der Waals surface area contributed by atoms with Crippen molar-refractivity contribution in [2.75, 3.05) is 23.7 Å². The predicted molar refractivity (Wildman–Crippen MR) is 119 cm³/mol. The number of amides is 2. The van der Waals surface area contributed by atoms with Crippen LogP contribution in [0.25, 0.3) is 0 Å². The molecule has 0 spiro atoms. The molecule has 0 unspecified atom stereocenters. The lowest BCUT2D eigenvalue weighted by atomic mass is 10.2. The smallest absolute Gasteiger partial charge is 0.251 e. The van der Waals surface area contributed by atoms with Crippen molar-refractivity contribution in [1.82, 2.24) is 5.32 Å². The van der Waals surface area contributed by atoms with Crippen molar-refractivity contribution < 1.29 is 14.3 Å². The minimum absolute atomic E-state index is 0.0666. The van der Waals surface area contributed by atoms with Crippen LogP contribution in [0.2, 0.25) is 0 Å². The Morgan fingerprint density at radius 2 is 1.67 bits per heavy atom. The first-order valence-electron chi connectivity index (χ1n) is 9.83. The maximum atomic E-state index is 12.4. The van der Waals surface area contributed by atoms with E-state index in [1.54, 1.807) is 24.3 Å². The zero-order valence-corrected chi connectivity index (χ0v) is 16.9. The van der Waals surface area contributed by atoms with Crippen molar-refractivity contribution in [3.05, 3.63) is 90.0 Å². The van der Waals surface area contributed by atoms with Crippen LogP contribution in [0.15, 0.2) is 78.9 Å². The molecule has 0 aromatic heterocycles. The average Bonchev–Trinajstić information content (AvgIpc) is 2.78. The van der Waals surface area contributed by atoms with Gasteiger partial charge in [0, 0.05) is 17.8 Å². The van der Waals surface area contributed by atoms with E-state index >= 15 is 0 Å². The summed E-state index contributed by atoms with van der Waals surface area (Å²) >= 11 is 0. The molecule has 30 heavy (non-hydrogen) atoms. The Balaban J connectivity index is 1.56. The van der Waals surface area contributed by atoms with E-state index in [9.17, 15) is 9.59 Å². The molecule has 0 fully saturated rings. The van der Waals surface area contributed by atoms with Crippen molar-refractivity contribution in [2.45, 2.75) is 13.5 Å². The highest BCUT2D eigenvalue weighted by Gasteiger charge is 2.09. The average molecular weight is 403 g/mol. The van der Waals surface area contributed by atoms with Gasteiger partial charge in [-0.3, -0.25) is 9.59 Å². The molecule has 0 atom stereocenters. The van der Waals surface area contributed by atoms with Gasteiger partial charge in [0.05, 0.1) is 12.2 Å². The third-order valence-electron chi connectivity index (χ3n) is 4.31. The summed E-state index contributed by atoms with van der Waals surface area (Å²) in [5, 5.41) is 8.66. The molecule has 3 rings (SSSR count). The summed E-state index contributed by atoms with van der Waals surface area (Å²) in [5.41, 5.74) is 2.87. The van der Waals surface area contributed by atoms with Crippen LogP contribution in [0.3, 0.4) is 0 Å². The Hall–Kier alpha value is -3.80. The van der Waals surface area contributed by atoms with Crippen molar-refractivity contribution in [3.63, 3.8) is 0 Å². The molecule has 0 radical (unpaired) electrons. The lowest BCUT2D eigenvalue weighted by molar-refractivity contribution is -0.114. The zero-order chi connectivity index (χ0) is 21.2. The monoisotopic (exact) mass is 403 g/mol. The molecule has 154 valence electrons. The quantitative estimate of drug-likeness (QED) is 0.503. The Morgan fingerprint density at radius 3 is 2.47 bits per heavy atom. The van der Waals surface area contributed by atoms with E-state index in [4.69, 9.17) is 4.74 Å². The summed E-state index contributed by atoms with van der Waals surface area (Å²) < 4.78 is 5.90. The van der Waals surface area contributed by atoms with Crippen LogP contribution in [0.4, 0.5) is 11.4 Å². The molecule has 0 aliphatic heterocycles. The van der Waals surface area contributed by atoms with Gasteiger partial charge >= 0.3 is 0 Å². The van der Waals surface area contributed by atoms with Crippen LogP contribution in [0.5, 0.6) is 5.75 Å². The van der Waals surface area contributed by atoms with Gasteiger partial charge in [-0.05, 0) is 42.8 Å². The molecule has 0 heterocycles. The van der Waals surface area contributed by atoms with Crippen LogP contribution in [-0.2, 0) is 11.4 Å². The lowest BCUT2D eigenvalue weighted by Gasteiger charge is -2.13. The third-order valence-corrected chi connectivity index (χ3v) is 4.31. The second kappa shape index (κ2) is 10.7. The van der Waals surface area contributed by atoms with Crippen LogP contribution < -0.4 is 20.7 Å². The summed E-state index contributed by atoms with van der Waals surface area (Å²) in [6.45, 7) is 2.91. The number of nitrogens with one attached hydrogen (secondary N) is 3. The van der Waals surface area contributed by atoms with Crippen LogP contribution in [-0.4, -0.2) is 24.9 Å². The number of hydrogen-bond acceptors (Lipinski definition) is 4. The van der Waals surface area contributed by atoms with E-state index in [0.717, 1.165) is 11.3 Å². The fourth-order valence-corrected chi connectivity index (χ4v) is 2.86. The summed E-state index contributed by atoms with van der Waals surface area (Å²) in [4.78, 5) is 24.3. The first-order chi connectivity index (χ1) is 14.7. The maximum Gasteiger partial charge on any atom is 0.251 e. The van der Waals surface area contributed by atoms with Crippen molar-refractivity contribution >= 4 is 23.2 Å². The molecule has 0 aliphatic carbocycles. The molecule has 3 aromatic carbocycles. The highest BCUT2D eigenvalue weighted by molar-refractivity contribution is 5.98. The Bertz CT molecular complexity index is 990. The van der Waals surface area contributed by atoms with Gasteiger partial charge in [-0.25, -0.2) is 0 Å². The van der Waals surface area contributed by atoms with Gasteiger partial charge in [0.2, 0.25) is 5.91 Å². The van der Waals surface area contributed by atoms with E-state index in [1.807, 2.05) is 61.5 Å². The number of carbonyl (C=O) groups is 2. The normalized spacial score (nSPS) is 10.2. The van der Waals surface area contributed by atoms with Gasteiger partial charge in [0.1, 0.15) is 12.4 Å². The number of ether oxygens (including phenoxy) is 1. The molecule has 3 aromatic rings. The fourth-order valence-electron chi connectivity index (χ4n) is 2.86. The standard InChI is InChI=1S/C24H25N3O3/c1-2-25-24(29)19-11-8-12-20(15-19)27-23(28)16-26-21-13-6-7-14-22(21)30-17-18-9-4-3-5-10-18/h3-15,26H,2,16-17H2,1H3,(H,25,29)(H,27,28). The second-order valence-corrected chi connectivity index (χ2v) is 6.61. The number of hydrogen-bond donors (Lipinski definition) is 3. The topological polar surface area (TPSA) is 79.5 Å². The van der Waals surface area contributed by atoms with Gasteiger partial charge in [0.25, 0.3) is 5.91 Å². The van der Waals surface area contributed by atoms with Gasteiger partial charge in [0.15, 0.2) is 0 Å². The van der Waals surface area contributed by atoms with Crippen molar-refractivity contribution in [2.24, 2.45) is 0 Å². The van der Waals surface area contributed by atoms with Crippen molar-refractivity contribution in [1.29, 1.82) is 0 Å². The van der Waals surface area contributed by atoms with Gasteiger partial charge < -0.3 is 20.7 Å². The van der Waals surface area contributed by atoms with Gasteiger partial charge in [-0.15, -0.1) is 0 Å². The van der Waals surface area contributed by atoms with Gasteiger partial charge in [-0.2, -0.15) is 0 Å². The van der Waals surface area contributed by atoms with E-state index in [2.05, 4.69) is 16.0 Å². The lowest BCUT2D eigenvalue weighted by Crippen LogP contribution is -2.24. The Kier molecular flexibility index (Phi) is 7.44. The van der Waals surface area contributed by atoms with Crippen LogP contribution in [0.1, 0.15) is 22.8 Å². The largest absolute Gasteiger partial charge is 0.487 e. The van der Waals surface area contributed by atoms with E-state index in [1.165, 1.54) is 0 Å². The van der Waals surface area contributed by atoms with Gasteiger partial charge in [-0.1, -0.05) is 48.5 Å². The minimum Gasteiger partial charge on any atom is -0.487 e. The van der Waals surface area contributed by atoms with E-state index in [-0.39, 0.29) is 18.4 Å². The predicted octanol–water partition coefficient (Wildman–Crippen LogP) is 4.07. The summed E-state index contributed by atoms with van der Waals surface area (Å²) in [6.07, 6.45) is 0. The van der Waals surface area contributed by atoms with Crippen molar-refractivity contribution in [3.8, 4) is 5.75 Å². The molecular weight excluding hydrogens is 378 g/mol. The highest BCUT2D eigenvalue weighted by Crippen LogP contribution is 2.24. The SMILES string of the molecule is CCNC(=O)c1cccc(NC(=O)CNc2ccccc2OCc2ccccc2)c1. The number of carbonyl (C=O) groups excluding carboxylic acids is 2. The molecule has 0 saturated heterocycles. The number of rotatable bonds is 9.